The first kappa shape index (κ1) is 24.2. The topological polar surface area (TPSA) is 18.5 Å². The van der Waals surface area contributed by atoms with Crippen molar-refractivity contribution >= 4 is 28.2 Å². The van der Waals surface area contributed by atoms with Crippen molar-refractivity contribution in [1.29, 1.82) is 0 Å². The van der Waals surface area contributed by atoms with E-state index in [1.807, 2.05) is 0 Å². The third-order valence-corrected chi connectivity index (χ3v) is 15.7. The highest BCUT2D eigenvalue weighted by Crippen LogP contribution is 2.43. The van der Waals surface area contributed by atoms with Crippen LogP contribution in [0.3, 0.4) is 0 Å². The van der Waals surface area contributed by atoms with E-state index in [9.17, 15) is 0 Å². The van der Waals surface area contributed by atoms with Gasteiger partial charge < -0.3 is 8.85 Å². The Morgan fingerprint density at radius 1 is 1.00 bits per heavy atom. The van der Waals surface area contributed by atoms with Crippen LogP contribution in [0, 0.1) is 0 Å². The van der Waals surface area contributed by atoms with Crippen molar-refractivity contribution < 1.29 is 8.85 Å². The van der Waals surface area contributed by atoms with Crippen LogP contribution in [0.2, 0.25) is 36.3 Å². The summed E-state index contributed by atoms with van der Waals surface area (Å²) in [5, 5.41) is 0.379. The van der Waals surface area contributed by atoms with E-state index in [1.54, 1.807) is 0 Å². The molecule has 0 aliphatic heterocycles. The normalized spacial score (nSPS) is 25.0. The second kappa shape index (κ2) is 8.24. The van der Waals surface area contributed by atoms with Gasteiger partial charge in [0.1, 0.15) is 0 Å². The molecule has 0 heterocycles. The standard InChI is InChI=1S/C21H41ClO2Si2/c1-16-17(12-13-22)14-18(23-25(8,9)20(2,3)4)15-19(16)24-26(10,11)21(5,6)7/h12,18-19H,1,13-15H2,2-11H3/t18-,19-/m0/s1. The molecule has 2 atom stereocenters. The molecule has 1 saturated carbocycles. The van der Waals surface area contributed by atoms with Crippen LogP contribution in [0.1, 0.15) is 54.4 Å². The smallest absolute Gasteiger partial charge is 0.192 e. The number of halogens is 1. The Morgan fingerprint density at radius 2 is 1.46 bits per heavy atom. The summed E-state index contributed by atoms with van der Waals surface area (Å²) in [6.45, 7) is 27.4. The summed E-state index contributed by atoms with van der Waals surface area (Å²) >= 11 is 6.03. The summed E-state index contributed by atoms with van der Waals surface area (Å²) in [7, 11) is -3.70. The third-order valence-electron chi connectivity index (χ3n) is 6.56. The van der Waals surface area contributed by atoms with Gasteiger partial charge in [0.2, 0.25) is 0 Å². The van der Waals surface area contributed by atoms with Crippen LogP contribution in [0.5, 0.6) is 0 Å². The number of allylic oxidation sites excluding steroid dienone is 1. The van der Waals surface area contributed by atoms with Crippen molar-refractivity contribution in [1.82, 2.24) is 0 Å². The molecule has 0 aromatic carbocycles. The molecule has 1 aliphatic rings. The lowest BCUT2D eigenvalue weighted by molar-refractivity contribution is 0.0969. The summed E-state index contributed by atoms with van der Waals surface area (Å²) < 4.78 is 13.5. The summed E-state index contributed by atoms with van der Waals surface area (Å²) in [6, 6.07) is 0. The van der Waals surface area contributed by atoms with Crippen LogP contribution in [-0.2, 0) is 8.85 Å². The lowest BCUT2D eigenvalue weighted by Gasteiger charge is -2.45. The molecule has 0 saturated heterocycles. The van der Waals surface area contributed by atoms with Crippen LogP contribution in [0.4, 0.5) is 0 Å². The van der Waals surface area contributed by atoms with Crippen molar-refractivity contribution in [3.63, 3.8) is 0 Å². The predicted octanol–water partition coefficient (Wildman–Crippen LogP) is 7.28. The van der Waals surface area contributed by atoms with E-state index in [-0.39, 0.29) is 22.3 Å². The highest BCUT2D eigenvalue weighted by molar-refractivity contribution is 6.74. The van der Waals surface area contributed by atoms with Crippen molar-refractivity contribution in [2.45, 2.75) is 103 Å². The van der Waals surface area contributed by atoms with Crippen LogP contribution in [-0.4, -0.2) is 34.7 Å². The number of rotatable bonds is 5. The Balaban J connectivity index is 3.08. The van der Waals surface area contributed by atoms with Crippen molar-refractivity contribution in [2.24, 2.45) is 0 Å². The molecule has 0 unspecified atom stereocenters. The molecule has 1 rings (SSSR count). The Hall–Kier alpha value is 0.124. The molecule has 0 spiro atoms. The molecule has 2 nitrogen and oxygen atoms in total. The molecule has 0 N–H and O–H groups in total. The van der Waals surface area contributed by atoms with Gasteiger partial charge in [-0.15, -0.1) is 11.6 Å². The van der Waals surface area contributed by atoms with E-state index in [0.29, 0.717) is 5.88 Å². The van der Waals surface area contributed by atoms with Gasteiger partial charge in [-0.05, 0) is 53.8 Å². The predicted molar refractivity (Wildman–Crippen MR) is 121 cm³/mol. The van der Waals surface area contributed by atoms with Gasteiger partial charge in [0.15, 0.2) is 16.6 Å². The molecule has 0 bridgehead atoms. The summed E-state index contributed by atoms with van der Waals surface area (Å²) in [4.78, 5) is 0. The fourth-order valence-electron chi connectivity index (χ4n) is 2.69. The Bertz CT molecular complexity index is 539. The van der Waals surface area contributed by atoms with Gasteiger partial charge >= 0.3 is 0 Å². The van der Waals surface area contributed by atoms with Crippen LogP contribution >= 0.6 is 11.6 Å². The summed E-state index contributed by atoms with van der Waals surface area (Å²) in [6.07, 6.45) is 4.11. The van der Waals surface area contributed by atoms with Gasteiger partial charge in [0, 0.05) is 12.3 Å². The molecule has 0 radical (unpaired) electrons. The largest absolute Gasteiger partial charge is 0.413 e. The molecule has 5 heteroatoms. The average molecular weight is 417 g/mol. The zero-order chi connectivity index (χ0) is 20.6. The molecular formula is C21H41ClO2Si2. The van der Waals surface area contributed by atoms with Crippen LogP contribution in [0.25, 0.3) is 0 Å². The molecule has 0 aromatic rings. The number of alkyl halides is 1. The van der Waals surface area contributed by atoms with E-state index < -0.39 is 16.6 Å². The lowest BCUT2D eigenvalue weighted by Crippen LogP contribution is -2.49. The van der Waals surface area contributed by atoms with Gasteiger partial charge in [0.25, 0.3) is 0 Å². The molecule has 1 fully saturated rings. The van der Waals surface area contributed by atoms with Gasteiger partial charge in [-0.3, -0.25) is 0 Å². The second-order valence-corrected chi connectivity index (χ2v) is 20.5. The summed E-state index contributed by atoms with van der Waals surface area (Å²) in [5.74, 6) is 0.508. The summed E-state index contributed by atoms with van der Waals surface area (Å²) in [5.41, 5.74) is 2.32. The Morgan fingerprint density at radius 3 is 1.88 bits per heavy atom. The molecule has 26 heavy (non-hydrogen) atoms. The van der Waals surface area contributed by atoms with Gasteiger partial charge in [-0.25, -0.2) is 0 Å². The third kappa shape index (κ3) is 5.81. The monoisotopic (exact) mass is 416 g/mol. The van der Waals surface area contributed by atoms with Gasteiger partial charge in [-0.2, -0.15) is 0 Å². The zero-order valence-corrected chi connectivity index (χ0v) is 21.5. The molecule has 0 amide bonds. The van der Waals surface area contributed by atoms with E-state index in [4.69, 9.17) is 20.5 Å². The quantitative estimate of drug-likeness (QED) is 0.346. The van der Waals surface area contributed by atoms with Crippen LogP contribution < -0.4 is 0 Å². The maximum Gasteiger partial charge on any atom is 0.192 e. The molecule has 152 valence electrons. The highest BCUT2D eigenvalue weighted by Gasteiger charge is 2.44. The fraction of sp³-hybridized carbons (Fsp3) is 0.810. The Kier molecular flexibility index (Phi) is 7.66. The molecule has 0 aromatic heterocycles. The Labute approximate surface area is 169 Å². The SMILES string of the molecule is C=C1C(=CCCl)C[C@H](O[Si](C)(C)C(C)(C)C)C[C@@H]1O[Si](C)(C)C(C)(C)C. The molecular weight excluding hydrogens is 376 g/mol. The first-order chi connectivity index (χ1) is 11.5. The first-order valence-corrected chi connectivity index (χ1v) is 16.2. The second-order valence-electron chi connectivity index (χ2n) is 10.7. The fourth-order valence-corrected chi connectivity index (χ4v) is 5.55. The average Bonchev–Trinajstić information content (AvgIpc) is 2.40. The van der Waals surface area contributed by atoms with Crippen molar-refractivity contribution in [3.8, 4) is 0 Å². The van der Waals surface area contributed by atoms with Crippen molar-refractivity contribution in [2.75, 3.05) is 5.88 Å². The highest BCUT2D eigenvalue weighted by atomic mass is 35.5. The minimum absolute atomic E-state index is 0.0360. The lowest BCUT2D eigenvalue weighted by atomic mass is 9.86. The van der Waals surface area contributed by atoms with E-state index in [2.05, 4.69) is 80.4 Å². The number of hydrogen-bond acceptors (Lipinski definition) is 2. The minimum Gasteiger partial charge on any atom is -0.413 e. The zero-order valence-electron chi connectivity index (χ0n) is 18.8. The minimum atomic E-state index is -1.88. The maximum absolute atomic E-state index is 6.75. The van der Waals surface area contributed by atoms with Crippen LogP contribution in [0.15, 0.2) is 23.8 Å². The first-order valence-electron chi connectivity index (χ1n) is 9.81. The van der Waals surface area contributed by atoms with Crippen molar-refractivity contribution in [3.05, 3.63) is 23.8 Å². The van der Waals surface area contributed by atoms with E-state index >= 15 is 0 Å². The van der Waals surface area contributed by atoms with Gasteiger partial charge in [-0.1, -0.05) is 54.2 Å². The van der Waals surface area contributed by atoms with E-state index in [0.717, 1.165) is 18.4 Å². The van der Waals surface area contributed by atoms with E-state index in [1.165, 1.54) is 5.57 Å². The maximum atomic E-state index is 6.75. The molecule has 1 aliphatic carbocycles. The van der Waals surface area contributed by atoms with Gasteiger partial charge in [0.05, 0.1) is 12.2 Å². The number of hydrogen-bond donors (Lipinski definition) is 0.